The zero-order valence-electron chi connectivity index (χ0n) is 19.1. The van der Waals surface area contributed by atoms with Gasteiger partial charge in [-0.15, -0.1) is 11.3 Å². The second kappa shape index (κ2) is 11.3. The maximum Gasteiger partial charge on any atom is 0.261 e. The molecule has 3 amide bonds. The molecule has 174 valence electrons. The minimum atomic E-state index is -0.866. The van der Waals surface area contributed by atoms with Crippen molar-refractivity contribution in [1.29, 1.82) is 0 Å². The van der Waals surface area contributed by atoms with E-state index in [-0.39, 0.29) is 30.3 Å². The Morgan fingerprint density at radius 3 is 2.53 bits per heavy atom. The summed E-state index contributed by atoms with van der Waals surface area (Å²) < 4.78 is 5.81. The van der Waals surface area contributed by atoms with E-state index in [0.717, 1.165) is 32.1 Å². The maximum atomic E-state index is 13.4. The van der Waals surface area contributed by atoms with Gasteiger partial charge in [0.05, 0.1) is 11.4 Å². The van der Waals surface area contributed by atoms with Crippen molar-refractivity contribution in [3.8, 4) is 0 Å². The number of nitrogens with zero attached hydrogens (tertiary/aromatic N) is 1. The van der Waals surface area contributed by atoms with Crippen molar-refractivity contribution >= 4 is 29.1 Å². The fourth-order valence-corrected chi connectivity index (χ4v) is 4.56. The molecule has 0 radical (unpaired) electrons. The lowest BCUT2D eigenvalue weighted by Gasteiger charge is -2.31. The van der Waals surface area contributed by atoms with E-state index >= 15 is 0 Å². The monoisotopic (exact) mass is 459 g/mol. The maximum absolute atomic E-state index is 13.4. The van der Waals surface area contributed by atoms with Crippen molar-refractivity contribution in [2.75, 3.05) is 13.1 Å². The molecule has 2 N–H and O–H groups in total. The molecule has 2 aromatic heterocycles. The van der Waals surface area contributed by atoms with Gasteiger partial charge < -0.3 is 20.0 Å². The van der Waals surface area contributed by atoms with E-state index in [4.69, 9.17) is 4.42 Å². The van der Waals surface area contributed by atoms with Gasteiger partial charge in [-0.05, 0) is 55.7 Å². The molecule has 2 heterocycles. The van der Waals surface area contributed by atoms with Crippen LogP contribution < -0.4 is 10.6 Å². The van der Waals surface area contributed by atoms with Crippen molar-refractivity contribution < 1.29 is 18.8 Å². The molecule has 1 saturated carbocycles. The van der Waals surface area contributed by atoms with Crippen LogP contribution in [0.25, 0.3) is 0 Å². The molecule has 1 fully saturated rings. The predicted molar refractivity (Wildman–Crippen MR) is 124 cm³/mol. The van der Waals surface area contributed by atoms with Crippen LogP contribution in [0.15, 0.2) is 34.1 Å². The first kappa shape index (κ1) is 24.0. The van der Waals surface area contributed by atoms with E-state index < -0.39 is 6.04 Å². The van der Waals surface area contributed by atoms with E-state index in [1.807, 2.05) is 12.3 Å². The van der Waals surface area contributed by atoms with Gasteiger partial charge in [0.25, 0.3) is 11.8 Å². The average Bonchev–Trinajstić information content (AvgIpc) is 3.52. The van der Waals surface area contributed by atoms with E-state index in [1.165, 1.54) is 11.3 Å². The summed E-state index contributed by atoms with van der Waals surface area (Å²) in [7, 11) is 0. The number of carbonyl (C=O) groups is 3. The number of aryl methyl sites for hydroxylation is 1. The van der Waals surface area contributed by atoms with Gasteiger partial charge in [-0.25, -0.2) is 0 Å². The highest BCUT2D eigenvalue weighted by molar-refractivity contribution is 7.12. The second-order valence-electron chi connectivity index (χ2n) is 8.77. The lowest BCUT2D eigenvalue weighted by atomic mass is 10.1. The summed E-state index contributed by atoms with van der Waals surface area (Å²) in [5.41, 5.74) is 0. The quantitative estimate of drug-likeness (QED) is 0.561. The molecule has 2 aromatic rings. The van der Waals surface area contributed by atoms with Gasteiger partial charge in [-0.3, -0.25) is 14.4 Å². The van der Waals surface area contributed by atoms with Crippen LogP contribution in [-0.4, -0.2) is 41.8 Å². The molecule has 0 aliphatic heterocycles. The molecule has 0 spiro atoms. The molecule has 8 heteroatoms. The van der Waals surface area contributed by atoms with Gasteiger partial charge in [0.2, 0.25) is 5.91 Å². The second-order valence-corrected chi connectivity index (χ2v) is 9.72. The molecular weight excluding hydrogens is 426 g/mol. The van der Waals surface area contributed by atoms with Crippen molar-refractivity contribution in [1.82, 2.24) is 15.5 Å². The first-order valence-electron chi connectivity index (χ1n) is 11.3. The Bertz CT molecular complexity index is 900. The molecule has 0 unspecified atom stereocenters. The Balaban J connectivity index is 1.80. The minimum Gasteiger partial charge on any atom is -0.464 e. The van der Waals surface area contributed by atoms with Crippen molar-refractivity contribution in [3.63, 3.8) is 0 Å². The van der Waals surface area contributed by atoms with Gasteiger partial charge in [0.15, 0.2) is 6.04 Å². The molecule has 3 rings (SSSR count). The Hall–Kier alpha value is -2.61. The number of hydrogen-bond donors (Lipinski definition) is 2. The van der Waals surface area contributed by atoms with Crippen LogP contribution in [0.4, 0.5) is 0 Å². The lowest BCUT2D eigenvalue weighted by molar-refractivity contribution is -0.141. The number of nitrogens with one attached hydrogen (secondary N) is 2. The van der Waals surface area contributed by atoms with Gasteiger partial charge in [-0.1, -0.05) is 32.8 Å². The highest BCUT2D eigenvalue weighted by Crippen LogP contribution is 2.26. The normalized spacial score (nSPS) is 15.0. The first-order valence-corrected chi connectivity index (χ1v) is 12.2. The Morgan fingerprint density at radius 1 is 1.19 bits per heavy atom. The number of furan rings is 1. The fraction of sp³-hybridized carbons (Fsp3) is 0.542. The van der Waals surface area contributed by atoms with Crippen LogP contribution >= 0.6 is 11.3 Å². The fourth-order valence-electron chi connectivity index (χ4n) is 3.92. The largest absolute Gasteiger partial charge is 0.464 e. The van der Waals surface area contributed by atoms with E-state index in [2.05, 4.69) is 24.5 Å². The zero-order valence-corrected chi connectivity index (χ0v) is 19.9. The summed E-state index contributed by atoms with van der Waals surface area (Å²) in [5, 5.41) is 7.63. The van der Waals surface area contributed by atoms with Crippen LogP contribution in [0, 0.1) is 12.8 Å². The van der Waals surface area contributed by atoms with E-state index in [0.29, 0.717) is 28.9 Å². The van der Waals surface area contributed by atoms with Crippen LogP contribution in [0.3, 0.4) is 0 Å². The van der Waals surface area contributed by atoms with Gasteiger partial charge >= 0.3 is 0 Å². The summed E-state index contributed by atoms with van der Waals surface area (Å²) in [6, 6.07) is 6.32. The molecular formula is C24H33N3O4S. The number of rotatable bonds is 10. The standard InChI is InChI=1S/C24H33N3O4S/c1-16(2)12-13-27(21(28)15-25-23(29)20-9-6-14-32-20)22(19-11-10-17(3)31-19)24(30)26-18-7-4-5-8-18/h6,9-11,14,16,18,22H,4-5,7-8,12-13,15H2,1-3H3,(H,25,29)(H,26,30)/t22-/m0/s1. The Labute approximate surface area is 193 Å². The topological polar surface area (TPSA) is 91.7 Å². The molecule has 7 nitrogen and oxygen atoms in total. The number of hydrogen-bond acceptors (Lipinski definition) is 5. The van der Waals surface area contributed by atoms with Crippen molar-refractivity contribution in [2.24, 2.45) is 5.92 Å². The first-order chi connectivity index (χ1) is 15.3. The Kier molecular flexibility index (Phi) is 8.50. The summed E-state index contributed by atoms with van der Waals surface area (Å²) in [5.74, 6) is 0.644. The Morgan fingerprint density at radius 2 is 1.94 bits per heavy atom. The van der Waals surface area contributed by atoms with Crippen molar-refractivity contribution in [2.45, 2.75) is 65.0 Å². The minimum absolute atomic E-state index is 0.127. The molecule has 1 atom stereocenters. The molecule has 1 aliphatic carbocycles. The van der Waals surface area contributed by atoms with Crippen LogP contribution in [0.1, 0.15) is 73.2 Å². The molecule has 0 aromatic carbocycles. The highest BCUT2D eigenvalue weighted by Gasteiger charge is 2.35. The smallest absolute Gasteiger partial charge is 0.261 e. The van der Waals surface area contributed by atoms with E-state index in [1.54, 1.807) is 29.2 Å². The van der Waals surface area contributed by atoms with Crippen LogP contribution in [0.2, 0.25) is 0 Å². The number of thiophene rings is 1. The molecule has 1 aliphatic rings. The summed E-state index contributed by atoms with van der Waals surface area (Å²) in [4.78, 5) is 41.1. The van der Waals surface area contributed by atoms with E-state index in [9.17, 15) is 14.4 Å². The van der Waals surface area contributed by atoms with Crippen molar-refractivity contribution in [3.05, 3.63) is 46.0 Å². The molecule has 32 heavy (non-hydrogen) atoms. The number of carbonyl (C=O) groups excluding carboxylic acids is 3. The SMILES string of the molecule is Cc1ccc([C@@H](C(=O)NC2CCCC2)N(CCC(C)C)C(=O)CNC(=O)c2cccs2)o1. The predicted octanol–water partition coefficient (Wildman–Crippen LogP) is 4.05. The number of amides is 3. The van der Waals surface area contributed by atoms with Gasteiger partial charge in [-0.2, -0.15) is 0 Å². The molecule has 0 bridgehead atoms. The van der Waals surface area contributed by atoms with Crippen LogP contribution in [-0.2, 0) is 9.59 Å². The van der Waals surface area contributed by atoms with Gasteiger partial charge in [0, 0.05) is 12.6 Å². The summed E-state index contributed by atoms with van der Waals surface area (Å²) >= 11 is 1.32. The average molecular weight is 460 g/mol. The molecule has 0 saturated heterocycles. The third kappa shape index (κ3) is 6.45. The van der Waals surface area contributed by atoms with Gasteiger partial charge in [0.1, 0.15) is 11.5 Å². The third-order valence-corrected chi connectivity index (χ3v) is 6.57. The lowest BCUT2D eigenvalue weighted by Crippen LogP contribution is -2.49. The summed E-state index contributed by atoms with van der Waals surface area (Å²) in [6.45, 7) is 6.18. The highest BCUT2D eigenvalue weighted by atomic mass is 32.1. The third-order valence-electron chi connectivity index (χ3n) is 5.71. The van der Waals surface area contributed by atoms with Crippen LogP contribution in [0.5, 0.6) is 0 Å². The summed E-state index contributed by atoms with van der Waals surface area (Å²) in [6.07, 6.45) is 4.83. The zero-order chi connectivity index (χ0) is 23.1.